The molecule has 37 heavy (non-hydrogen) atoms. The lowest BCUT2D eigenvalue weighted by atomic mass is 10.1. The third-order valence-electron chi connectivity index (χ3n) is 4.55. The van der Waals surface area contributed by atoms with Crippen LogP contribution in [0.5, 0.6) is 0 Å². The highest BCUT2D eigenvalue weighted by Gasteiger charge is 2.52. The van der Waals surface area contributed by atoms with Crippen molar-refractivity contribution < 1.29 is 33.4 Å². The van der Waals surface area contributed by atoms with Crippen molar-refractivity contribution >= 4 is 64.2 Å². The highest BCUT2D eigenvalue weighted by molar-refractivity contribution is 6.30. The molecule has 2 rings (SSSR count). The summed E-state index contributed by atoms with van der Waals surface area (Å²) in [5, 5.41) is 10.6. The molecule has 0 bridgehead atoms. The monoisotopic (exact) mass is 552 g/mol. The highest BCUT2D eigenvalue weighted by atomic mass is 35.5. The van der Waals surface area contributed by atoms with E-state index in [1.165, 1.54) is 24.8 Å². The Hall–Kier alpha value is -3.70. The van der Waals surface area contributed by atoms with Crippen molar-refractivity contribution in [2.24, 2.45) is 10.2 Å². The molecule has 13 heteroatoms. The molecule has 0 aliphatic heterocycles. The second-order valence-electron chi connectivity index (χ2n) is 7.03. The predicted molar refractivity (Wildman–Crippen MR) is 136 cm³/mol. The first-order valence-electron chi connectivity index (χ1n) is 11.2. The average Bonchev–Trinajstić information content (AvgIpc) is 2.88. The lowest BCUT2D eigenvalue weighted by Crippen LogP contribution is -2.60. The van der Waals surface area contributed by atoms with Crippen molar-refractivity contribution in [2.45, 2.75) is 26.4 Å². The summed E-state index contributed by atoms with van der Waals surface area (Å²) in [6, 6.07) is 12.6. The Morgan fingerprint density at radius 1 is 0.892 bits per heavy atom. The number of hydrogen-bond acceptors (Lipinski definition) is 9. The van der Waals surface area contributed by atoms with Crippen LogP contribution in [0.25, 0.3) is 0 Å². The largest absolute Gasteiger partial charge is 0.462 e. The van der Waals surface area contributed by atoms with Crippen molar-refractivity contribution in [1.29, 1.82) is 0 Å². The molecule has 2 amide bonds. The molecule has 0 aromatic heterocycles. The molecule has 198 valence electrons. The molecule has 11 nitrogen and oxygen atoms in total. The van der Waals surface area contributed by atoms with Gasteiger partial charge in [0.1, 0.15) is 11.6 Å². The molecule has 0 saturated heterocycles. The van der Waals surface area contributed by atoms with Crippen LogP contribution in [0.2, 0.25) is 5.02 Å². The van der Waals surface area contributed by atoms with Crippen molar-refractivity contribution in [2.75, 3.05) is 30.6 Å². The van der Waals surface area contributed by atoms with Gasteiger partial charge in [-0.15, -0.1) is 16.7 Å². The van der Waals surface area contributed by atoms with E-state index in [0.717, 1.165) is 0 Å². The van der Waals surface area contributed by atoms with E-state index in [1.54, 1.807) is 49.4 Å². The smallest absolute Gasteiger partial charge is 0.419 e. The number of amides is 2. The number of esters is 2. The van der Waals surface area contributed by atoms with Gasteiger partial charge >= 0.3 is 23.7 Å². The third kappa shape index (κ3) is 7.40. The zero-order valence-electron chi connectivity index (χ0n) is 20.4. The van der Waals surface area contributed by atoms with Gasteiger partial charge in [0.15, 0.2) is 0 Å². The van der Waals surface area contributed by atoms with Gasteiger partial charge in [0, 0.05) is 5.02 Å². The molecular formula is C24H26Cl2N4O7. The maximum absolute atomic E-state index is 12.9. The van der Waals surface area contributed by atoms with Crippen LogP contribution in [0.3, 0.4) is 0 Å². The standard InChI is InChI=1S/C24H26Cl2N4O7/c1-4-35-21(32)24(22(33)36-5-2,27-20(31)15-25)29-28-18-9-7-8-10-19(18)30(23(34)37-6-3)17-13-11-16(26)12-14-17/h7-14H,4-6,15H2,1-3H3,(H,27,31)/b29-28+. The molecule has 2 aromatic rings. The van der Waals surface area contributed by atoms with E-state index >= 15 is 0 Å². The molecule has 1 N–H and O–H groups in total. The summed E-state index contributed by atoms with van der Waals surface area (Å²) in [4.78, 5) is 52.1. The molecule has 0 unspecified atom stereocenters. The number of alkyl halides is 1. The van der Waals surface area contributed by atoms with Crippen LogP contribution in [0.1, 0.15) is 20.8 Å². The number of carbonyl (C=O) groups excluding carboxylic acids is 4. The summed E-state index contributed by atoms with van der Waals surface area (Å²) in [6.45, 7) is 4.49. The zero-order valence-corrected chi connectivity index (χ0v) is 21.9. The first kappa shape index (κ1) is 29.5. The Bertz CT molecular complexity index is 1120. The third-order valence-corrected chi connectivity index (χ3v) is 5.04. The lowest BCUT2D eigenvalue weighted by Gasteiger charge is -2.25. The Kier molecular flexibility index (Phi) is 11.3. The summed E-state index contributed by atoms with van der Waals surface area (Å²) >= 11 is 11.6. The van der Waals surface area contributed by atoms with Crippen molar-refractivity contribution in [3.8, 4) is 0 Å². The number of nitrogens with zero attached hydrogens (tertiary/aromatic N) is 3. The molecule has 0 radical (unpaired) electrons. The summed E-state index contributed by atoms with van der Waals surface area (Å²) in [5.74, 6) is -3.94. The molecule has 0 spiro atoms. The maximum Gasteiger partial charge on any atom is 0.419 e. The van der Waals surface area contributed by atoms with Crippen LogP contribution in [0, 0.1) is 0 Å². The van der Waals surface area contributed by atoms with E-state index in [1.807, 2.05) is 0 Å². The SMILES string of the molecule is CCOC(=O)N(c1ccc(Cl)cc1)c1ccccc1/N=N/C(NC(=O)CCl)(C(=O)OCC)C(=O)OCC. The van der Waals surface area contributed by atoms with Crippen molar-refractivity contribution in [3.05, 3.63) is 53.6 Å². The lowest BCUT2D eigenvalue weighted by molar-refractivity contribution is -0.167. The van der Waals surface area contributed by atoms with Crippen LogP contribution >= 0.6 is 23.2 Å². The van der Waals surface area contributed by atoms with E-state index in [-0.39, 0.29) is 31.2 Å². The summed E-state index contributed by atoms with van der Waals surface area (Å²) < 4.78 is 15.2. The fraction of sp³-hybridized carbons (Fsp3) is 0.333. The number of benzene rings is 2. The fourth-order valence-electron chi connectivity index (χ4n) is 2.99. The molecule has 0 aliphatic carbocycles. The van der Waals surface area contributed by atoms with Crippen LogP contribution in [0.15, 0.2) is 58.8 Å². The first-order chi connectivity index (χ1) is 17.7. The van der Waals surface area contributed by atoms with Gasteiger partial charge in [0.2, 0.25) is 5.91 Å². The van der Waals surface area contributed by atoms with Crippen molar-refractivity contribution in [1.82, 2.24) is 5.32 Å². The highest BCUT2D eigenvalue weighted by Crippen LogP contribution is 2.36. The van der Waals surface area contributed by atoms with Crippen LogP contribution < -0.4 is 10.2 Å². The van der Waals surface area contributed by atoms with E-state index in [4.69, 9.17) is 37.4 Å². The van der Waals surface area contributed by atoms with Gasteiger partial charge in [-0.25, -0.2) is 19.3 Å². The van der Waals surface area contributed by atoms with Gasteiger partial charge in [-0.05, 0) is 57.2 Å². The molecule has 0 heterocycles. The summed E-state index contributed by atoms with van der Waals surface area (Å²) in [6.07, 6.45) is -0.732. The number of carbonyl (C=O) groups is 4. The van der Waals surface area contributed by atoms with Gasteiger partial charge in [-0.2, -0.15) is 5.11 Å². The quantitative estimate of drug-likeness (QED) is 0.138. The maximum atomic E-state index is 12.9. The molecule has 2 aromatic carbocycles. The number of hydrogen-bond donors (Lipinski definition) is 1. The first-order valence-corrected chi connectivity index (χ1v) is 12.1. The second kappa shape index (κ2) is 14.1. The minimum absolute atomic E-state index is 0.0450. The van der Waals surface area contributed by atoms with Gasteiger partial charge in [0.25, 0.3) is 0 Å². The molecular weight excluding hydrogens is 527 g/mol. The fourth-order valence-corrected chi connectivity index (χ4v) is 3.18. The number of rotatable bonds is 11. The number of nitrogens with one attached hydrogen (secondary N) is 1. The van der Waals surface area contributed by atoms with E-state index in [0.29, 0.717) is 10.7 Å². The van der Waals surface area contributed by atoms with Gasteiger partial charge in [-0.1, -0.05) is 23.7 Å². The van der Waals surface area contributed by atoms with E-state index in [9.17, 15) is 19.2 Å². The predicted octanol–water partition coefficient (Wildman–Crippen LogP) is 4.90. The average molecular weight is 553 g/mol. The van der Waals surface area contributed by atoms with Crippen LogP contribution in [-0.2, 0) is 28.6 Å². The Morgan fingerprint density at radius 2 is 1.46 bits per heavy atom. The zero-order chi connectivity index (χ0) is 27.4. The van der Waals surface area contributed by atoms with E-state index < -0.39 is 35.5 Å². The number of para-hydroxylation sites is 1. The van der Waals surface area contributed by atoms with Gasteiger partial charge in [-0.3, -0.25) is 4.79 Å². The van der Waals surface area contributed by atoms with Crippen LogP contribution in [0.4, 0.5) is 21.9 Å². The molecule has 0 fully saturated rings. The molecule has 0 atom stereocenters. The number of azo groups is 1. The molecule has 0 saturated carbocycles. The van der Waals surface area contributed by atoms with E-state index in [2.05, 4.69) is 15.5 Å². The Balaban J connectivity index is 2.69. The molecule has 0 aliphatic rings. The Labute approximate surface area is 223 Å². The van der Waals surface area contributed by atoms with Crippen LogP contribution in [-0.4, -0.2) is 55.3 Å². The number of anilines is 2. The summed E-state index contributed by atoms with van der Waals surface area (Å²) in [7, 11) is 0. The minimum Gasteiger partial charge on any atom is -0.462 e. The van der Waals surface area contributed by atoms with Crippen molar-refractivity contribution in [3.63, 3.8) is 0 Å². The Morgan fingerprint density at radius 3 is 2.00 bits per heavy atom. The van der Waals surface area contributed by atoms with Gasteiger partial charge < -0.3 is 19.5 Å². The number of ether oxygens (including phenoxy) is 3. The topological polar surface area (TPSA) is 136 Å². The van der Waals surface area contributed by atoms with Gasteiger partial charge in [0.05, 0.1) is 31.2 Å². The minimum atomic E-state index is -2.68. The normalized spacial score (nSPS) is 11.1. The number of halogens is 2. The summed E-state index contributed by atoms with van der Waals surface area (Å²) in [5.41, 5.74) is -2.05. The second-order valence-corrected chi connectivity index (χ2v) is 7.74.